The Hall–Kier alpha value is -4.37. The van der Waals surface area contributed by atoms with Crippen molar-refractivity contribution in [3.63, 3.8) is 0 Å². The van der Waals surface area contributed by atoms with Crippen LogP contribution in [0.25, 0.3) is 11.0 Å². The van der Waals surface area contributed by atoms with Gasteiger partial charge < -0.3 is 19.0 Å². The van der Waals surface area contributed by atoms with Crippen LogP contribution in [0.5, 0.6) is 0 Å². The Bertz CT molecular complexity index is 1500. The SMILES string of the molecule is COCCCN(CC(=O)N(Cc1ccc(F)cc1)Cc1coc2ccccc2c1=O)C(=O)c1ccccc1F. The maximum Gasteiger partial charge on any atom is 0.257 e. The van der Waals surface area contributed by atoms with E-state index in [0.29, 0.717) is 29.6 Å². The van der Waals surface area contributed by atoms with Crippen LogP contribution in [0.2, 0.25) is 0 Å². The van der Waals surface area contributed by atoms with Crippen molar-refractivity contribution in [3.05, 3.63) is 118 Å². The largest absolute Gasteiger partial charge is 0.464 e. The average Bonchev–Trinajstić information content (AvgIpc) is 2.94. The smallest absolute Gasteiger partial charge is 0.257 e. The quantitative estimate of drug-likeness (QED) is 0.259. The van der Waals surface area contributed by atoms with Gasteiger partial charge >= 0.3 is 0 Å². The van der Waals surface area contributed by atoms with Crippen LogP contribution in [0.3, 0.4) is 0 Å². The Balaban J connectivity index is 1.63. The zero-order valence-corrected chi connectivity index (χ0v) is 21.4. The third-order valence-electron chi connectivity index (χ3n) is 6.25. The molecule has 1 aromatic heterocycles. The third-order valence-corrected chi connectivity index (χ3v) is 6.25. The molecule has 0 aliphatic heterocycles. The predicted molar refractivity (Wildman–Crippen MR) is 142 cm³/mol. The first kappa shape index (κ1) is 27.7. The molecule has 202 valence electrons. The maximum absolute atomic E-state index is 14.4. The molecule has 3 aromatic carbocycles. The molecule has 7 nitrogen and oxygen atoms in total. The highest BCUT2D eigenvalue weighted by atomic mass is 19.1. The summed E-state index contributed by atoms with van der Waals surface area (Å²) in [5, 5.41) is 0.375. The molecule has 0 saturated carbocycles. The number of methoxy groups -OCH3 is 1. The van der Waals surface area contributed by atoms with Gasteiger partial charge in [0.2, 0.25) is 5.91 Å². The van der Waals surface area contributed by atoms with Crippen molar-refractivity contribution < 1.29 is 27.5 Å². The van der Waals surface area contributed by atoms with Gasteiger partial charge in [-0.2, -0.15) is 0 Å². The number of carbonyl (C=O) groups excluding carboxylic acids is 2. The van der Waals surface area contributed by atoms with Crippen LogP contribution in [0.4, 0.5) is 8.78 Å². The number of nitrogens with zero attached hydrogens (tertiary/aromatic N) is 2. The second kappa shape index (κ2) is 12.9. The molecule has 4 aromatic rings. The zero-order chi connectivity index (χ0) is 27.8. The van der Waals surface area contributed by atoms with Crippen molar-refractivity contribution in [2.24, 2.45) is 0 Å². The van der Waals surface area contributed by atoms with Crippen LogP contribution in [0.15, 0.2) is 88.3 Å². The molecule has 0 aliphatic carbocycles. The highest BCUT2D eigenvalue weighted by Crippen LogP contribution is 2.16. The van der Waals surface area contributed by atoms with E-state index in [-0.39, 0.29) is 42.7 Å². The van der Waals surface area contributed by atoms with E-state index in [1.165, 1.54) is 53.5 Å². The van der Waals surface area contributed by atoms with Gasteiger partial charge in [-0.3, -0.25) is 14.4 Å². The number of benzene rings is 3. The van der Waals surface area contributed by atoms with Gasteiger partial charge in [0.1, 0.15) is 23.8 Å². The number of rotatable bonds is 11. The minimum absolute atomic E-state index is 0.0468. The van der Waals surface area contributed by atoms with Gasteiger partial charge in [0.25, 0.3) is 5.91 Å². The summed E-state index contributed by atoms with van der Waals surface area (Å²) >= 11 is 0. The fourth-order valence-electron chi connectivity index (χ4n) is 4.20. The van der Waals surface area contributed by atoms with Crippen LogP contribution in [0.1, 0.15) is 27.9 Å². The van der Waals surface area contributed by atoms with Crippen LogP contribution < -0.4 is 5.43 Å². The molecule has 9 heteroatoms. The zero-order valence-electron chi connectivity index (χ0n) is 21.4. The molecule has 0 aliphatic rings. The minimum Gasteiger partial charge on any atom is -0.464 e. The molecular formula is C30H28F2N2O5. The van der Waals surface area contributed by atoms with Crippen molar-refractivity contribution >= 4 is 22.8 Å². The van der Waals surface area contributed by atoms with Gasteiger partial charge in [0.05, 0.1) is 29.3 Å². The molecule has 0 radical (unpaired) electrons. The van der Waals surface area contributed by atoms with Gasteiger partial charge in [0, 0.05) is 26.8 Å². The summed E-state index contributed by atoms with van der Waals surface area (Å²) in [7, 11) is 1.52. The van der Waals surface area contributed by atoms with Crippen molar-refractivity contribution in [2.75, 3.05) is 26.8 Å². The molecule has 0 fully saturated rings. The average molecular weight is 535 g/mol. The summed E-state index contributed by atoms with van der Waals surface area (Å²) in [5.74, 6) is -2.23. The van der Waals surface area contributed by atoms with E-state index < -0.39 is 23.4 Å². The number of ether oxygens (including phenoxy) is 1. The summed E-state index contributed by atoms with van der Waals surface area (Å²) in [5.41, 5.74) is 0.857. The summed E-state index contributed by atoms with van der Waals surface area (Å²) < 4.78 is 38.6. The second-order valence-electron chi connectivity index (χ2n) is 9.02. The van der Waals surface area contributed by atoms with E-state index >= 15 is 0 Å². The number of carbonyl (C=O) groups is 2. The molecule has 1 heterocycles. The Morgan fingerprint density at radius 3 is 2.36 bits per heavy atom. The van der Waals surface area contributed by atoms with E-state index in [4.69, 9.17) is 9.15 Å². The molecule has 0 atom stereocenters. The molecule has 4 rings (SSSR count). The van der Waals surface area contributed by atoms with Crippen molar-refractivity contribution in [1.29, 1.82) is 0 Å². The Morgan fingerprint density at radius 1 is 0.897 bits per heavy atom. The summed E-state index contributed by atoms with van der Waals surface area (Å²) in [6.07, 6.45) is 1.74. The fraction of sp³-hybridized carbons (Fsp3) is 0.233. The normalized spacial score (nSPS) is 10.9. The van der Waals surface area contributed by atoms with Gasteiger partial charge in [-0.15, -0.1) is 0 Å². The molecule has 2 amide bonds. The standard InChI is InChI=1S/C30H28F2N2O5/c1-38-16-6-15-33(30(37)24-7-2-4-9-26(24)32)19-28(35)34(17-21-11-13-23(31)14-12-21)18-22-20-39-27-10-5-3-8-25(27)29(22)36/h2-5,7-14,20H,6,15-19H2,1H3. The highest BCUT2D eigenvalue weighted by Gasteiger charge is 2.25. The number of fused-ring (bicyclic) bond motifs is 1. The van der Waals surface area contributed by atoms with E-state index in [0.717, 1.165) is 0 Å². The van der Waals surface area contributed by atoms with Crippen molar-refractivity contribution in [2.45, 2.75) is 19.5 Å². The number of hydrogen-bond acceptors (Lipinski definition) is 5. The first-order chi connectivity index (χ1) is 18.9. The van der Waals surface area contributed by atoms with Crippen molar-refractivity contribution in [1.82, 2.24) is 9.80 Å². The van der Waals surface area contributed by atoms with Crippen molar-refractivity contribution in [3.8, 4) is 0 Å². The topological polar surface area (TPSA) is 80.1 Å². The van der Waals surface area contributed by atoms with Crippen LogP contribution in [0, 0.1) is 11.6 Å². The second-order valence-corrected chi connectivity index (χ2v) is 9.02. The lowest BCUT2D eigenvalue weighted by molar-refractivity contribution is -0.133. The van der Waals surface area contributed by atoms with Crippen LogP contribution >= 0.6 is 0 Å². The Kier molecular flexibility index (Phi) is 9.17. The number of amides is 2. The van der Waals surface area contributed by atoms with E-state index in [9.17, 15) is 23.2 Å². The molecule has 39 heavy (non-hydrogen) atoms. The Morgan fingerprint density at radius 2 is 1.62 bits per heavy atom. The maximum atomic E-state index is 14.4. The Labute approximate surface area is 224 Å². The fourth-order valence-corrected chi connectivity index (χ4v) is 4.20. The molecule has 0 saturated heterocycles. The lowest BCUT2D eigenvalue weighted by Crippen LogP contribution is -2.43. The predicted octanol–water partition coefficient (Wildman–Crippen LogP) is 4.78. The van der Waals surface area contributed by atoms with Gasteiger partial charge in [-0.25, -0.2) is 8.78 Å². The molecule has 0 N–H and O–H groups in total. The van der Waals surface area contributed by atoms with Crippen LogP contribution in [-0.2, 0) is 22.6 Å². The highest BCUT2D eigenvalue weighted by molar-refractivity contribution is 5.96. The number of hydrogen-bond donors (Lipinski definition) is 0. The third kappa shape index (κ3) is 6.94. The first-order valence-electron chi connectivity index (χ1n) is 12.4. The lowest BCUT2D eigenvalue weighted by Gasteiger charge is -2.28. The number of para-hydroxylation sites is 1. The van der Waals surface area contributed by atoms with E-state index in [2.05, 4.69) is 0 Å². The molecule has 0 spiro atoms. The minimum atomic E-state index is -0.691. The van der Waals surface area contributed by atoms with Crippen LogP contribution in [-0.4, -0.2) is 48.4 Å². The summed E-state index contributed by atoms with van der Waals surface area (Å²) in [6.45, 7) is 0.0628. The molecule has 0 unspecified atom stereocenters. The van der Waals surface area contributed by atoms with Gasteiger partial charge in [-0.05, 0) is 48.4 Å². The van der Waals surface area contributed by atoms with E-state index in [1.54, 1.807) is 42.5 Å². The molecule has 0 bridgehead atoms. The van der Waals surface area contributed by atoms with Gasteiger partial charge in [0.15, 0.2) is 5.43 Å². The van der Waals surface area contributed by atoms with Gasteiger partial charge in [-0.1, -0.05) is 36.4 Å². The lowest BCUT2D eigenvalue weighted by atomic mass is 10.1. The monoisotopic (exact) mass is 534 g/mol. The summed E-state index contributed by atoms with van der Waals surface area (Å²) in [4.78, 5) is 42.7. The van der Waals surface area contributed by atoms with E-state index in [1.807, 2.05) is 0 Å². The molecular weight excluding hydrogens is 506 g/mol. The number of halogens is 2. The first-order valence-corrected chi connectivity index (χ1v) is 12.4. The summed E-state index contributed by atoms with van der Waals surface area (Å²) in [6, 6.07) is 18.0.